The van der Waals surface area contributed by atoms with Gasteiger partial charge in [0, 0.05) is 13.2 Å². The van der Waals surface area contributed by atoms with E-state index in [2.05, 4.69) is 21.0 Å². The van der Waals surface area contributed by atoms with Gasteiger partial charge in [0.05, 0.1) is 10.7 Å². The molecule has 0 atom stereocenters. The second-order valence-corrected chi connectivity index (χ2v) is 5.28. The van der Waals surface area contributed by atoms with Crippen molar-refractivity contribution in [2.45, 2.75) is 39.3 Å². The van der Waals surface area contributed by atoms with Crippen LogP contribution in [0, 0.1) is 0 Å². The number of hydrogen-bond donors (Lipinski definition) is 0. The number of hydrogen-bond acceptors (Lipinski definition) is 3. The normalized spacial score (nSPS) is 12.2. The van der Waals surface area contributed by atoms with Crippen molar-refractivity contribution in [1.29, 1.82) is 0 Å². The van der Waals surface area contributed by atoms with Crippen LogP contribution in [0.5, 0.6) is 0 Å². The molecule has 4 nitrogen and oxygen atoms in total. The van der Waals surface area contributed by atoms with Crippen LogP contribution in [0.4, 0.5) is 0 Å². The van der Waals surface area contributed by atoms with Crippen LogP contribution in [-0.2, 0) is 4.74 Å². The molecular formula is C11H17BrN2O2. The first-order chi connectivity index (χ1) is 7.31. The second-order valence-electron chi connectivity index (χ2n) is 4.42. The van der Waals surface area contributed by atoms with Gasteiger partial charge < -0.3 is 4.74 Å². The monoisotopic (exact) mass is 288 g/mol. The molecule has 5 heteroatoms. The Kier molecular flexibility index (Phi) is 3.91. The van der Waals surface area contributed by atoms with Crippen molar-refractivity contribution in [2.75, 3.05) is 7.11 Å². The zero-order chi connectivity index (χ0) is 12.5. The maximum absolute atomic E-state index is 12.3. The first-order valence-corrected chi connectivity index (χ1v) is 5.93. The molecule has 0 fully saturated rings. The number of aromatic nitrogens is 2. The van der Waals surface area contributed by atoms with Crippen molar-refractivity contribution in [3.63, 3.8) is 0 Å². The lowest BCUT2D eigenvalue weighted by atomic mass is 10.0. The molecular weight excluding hydrogens is 272 g/mol. The summed E-state index contributed by atoms with van der Waals surface area (Å²) in [5.74, 6) is -0.0759. The Morgan fingerprint density at radius 1 is 1.56 bits per heavy atom. The van der Waals surface area contributed by atoms with E-state index in [1.54, 1.807) is 24.7 Å². The zero-order valence-electron chi connectivity index (χ0n) is 10.2. The van der Waals surface area contributed by atoms with Crippen molar-refractivity contribution < 1.29 is 9.53 Å². The van der Waals surface area contributed by atoms with E-state index in [1.807, 2.05) is 13.8 Å². The van der Waals surface area contributed by atoms with Gasteiger partial charge >= 0.3 is 0 Å². The van der Waals surface area contributed by atoms with Gasteiger partial charge in [-0.15, -0.1) is 0 Å². The van der Waals surface area contributed by atoms with Crippen LogP contribution in [0.15, 0.2) is 10.7 Å². The van der Waals surface area contributed by atoms with Crippen LogP contribution >= 0.6 is 15.9 Å². The number of carbonyl (C=O) groups excluding carboxylic acids is 1. The van der Waals surface area contributed by atoms with Crippen LogP contribution < -0.4 is 0 Å². The molecule has 16 heavy (non-hydrogen) atoms. The van der Waals surface area contributed by atoms with Gasteiger partial charge in [-0.2, -0.15) is 5.10 Å². The van der Waals surface area contributed by atoms with Gasteiger partial charge in [0.2, 0.25) is 5.78 Å². The molecule has 0 unspecified atom stereocenters. The van der Waals surface area contributed by atoms with E-state index < -0.39 is 5.60 Å². The number of nitrogens with zero attached hydrogens (tertiary/aromatic N) is 2. The van der Waals surface area contributed by atoms with Gasteiger partial charge in [0.15, 0.2) is 0 Å². The second kappa shape index (κ2) is 4.67. The highest BCUT2D eigenvalue weighted by molar-refractivity contribution is 9.10. The van der Waals surface area contributed by atoms with Crippen molar-refractivity contribution in [1.82, 2.24) is 9.78 Å². The maximum Gasteiger partial charge on any atom is 0.213 e. The lowest BCUT2D eigenvalue weighted by molar-refractivity contribution is 0.0216. The van der Waals surface area contributed by atoms with Crippen molar-refractivity contribution in [3.8, 4) is 0 Å². The number of carbonyl (C=O) groups is 1. The first-order valence-electron chi connectivity index (χ1n) is 5.14. The average Bonchev–Trinajstić information content (AvgIpc) is 2.59. The molecule has 0 aliphatic carbocycles. The number of Topliss-reactive ketones (excluding diaryl/α,β-unsaturated/α-hetero) is 1. The van der Waals surface area contributed by atoms with Gasteiger partial charge in [-0.1, -0.05) is 0 Å². The molecule has 0 bridgehead atoms. The van der Waals surface area contributed by atoms with Crippen molar-refractivity contribution in [2.24, 2.45) is 0 Å². The third kappa shape index (κ3) is 2.35. The molecule has 0 aliphatic rings. The number of ether oxygens (including phenoxy) is 1. The smallest absolute Gasteiger partial charge is 0.213 e. The predicted octanol–water partition coefficient (Wildman–Crippen LogP) is 2.83. The minimum Gasteiger partial charge on any atom is -0.371 e. The van der Waals surface area contributed by atoms with Crippen LogP contribution in [0.2, 0.25) is 0 Å². The summed E-state index contributed by atoms with van der Waals surface area (Å²) in [6.45, 7) is 7.46. The Balaban J connectivity index is 3.22. The van der Waals surface area contributed by atoms with E-state index in [-0.39, 0.29) is 11.8 Å². The van der Waals surface area contributed by atoms with Gasteiger partial charge in [-0.3, -0.25) is 9.48 Å². The van der Waals surface area contributed by atoms with Crippen LogP contribution in [0.25, 0.3) is 0 Å². The molecule has 0 radical (unpaired) electrons. The Morgan fingerprint density at radius 3 is 2.56 bits per heavy atom. The summed E-state index contributed by atoms with van der Waals surface area (Å²) < 4.78 is 7.61. The van der Waals surface area contributed by atoms with Gasteiger partial charge in [-0.25, -0.2) is 0 Å². The minimum atomic E-state index is -0.838. The average molecular weight is 289 g/mol. The van der Waals surface area contributed by atoms with Gasteiger partial charge in [-0.05, 0) is 43.6 Å². The van der Waals surface area contributed by atoms with E-state index in [0.717, 1.165) is 0 Å². The summed E-state index contributed by atoms with van der Waals surface area (Å²) in [6.07, 6.45) is 1.64. The zero-order valence-corrected chi connectivity index (χ0v) is 11.8. The quantitative estimate of drug-likeness (QED) is 0.801. The molecule has 0 N–H and O–H groups in total. The number of rotatable bonds is 4. The molecule has 1 heterocycles. The van der Waals surface area contributed by atoms with E-state index in [4.69, 9.17) is 4.74 Å². The van der Waals surface area contributed by atoms with Gasteiger partial charge in [0.1, 0.15) is 11.3 Å². The summed E-state index contributed by atoms with van der Waals surface area (Å²) in [6, 6.07) is 0.137. The summed E-state index contributed by atoms with van der Waals surface area (Å²) in [5, 5.41) is 4.18. The highest BCUT2D eigenvalue weighted by atomic mass is 79.9. The Morgan fingerprint density at radius 2 is 2.12 bits per heavy atom. The minimum absolute atomic E-state index is 0.0759. The SMILES string of the molecule is COC(C)(C)C(=O)c1c(Br)cnn1C(C)C. The van der Waals surface area contributed by atoms with E-state index in [1.165, 1.54) is 7.11 Å². The molecule has 1 aromatic heterocycles. The summed E-state index contributed by atoms with van der Waals surface area (Å²) in [7, 11) is 1.53. The lowest BCUT2D eigenvalue weighted by Crippen LogP contribution is -2.35. The molecule has 1 aromatic rings. The third-order valence-electron chi connectivity index (χ3n) is 2.51. The Hall–Kier alpha value is -0.680. The molecule has 0 saturated carbocycles. The van der Waals surface area contributed by atoms with Crippen LogP contribution in [-0.4, -0.2) is 28.3 Å². The standard InChI is InChI=1S/C11H17BrN2O2/c1-7(2)14-9(8(12)6-13-14)10(15)11(3,4)16-5/h6-7H,1-5H3. The van der Waals surface area contributed by atoms with Crippen molar-refractivity contribution in [3.05, 3.63) is 16.4 Å². The molecule has 90 valence electrons. The predicted molar refractivity (Wildman–Crippen MR) is 65.7 cm³/mol. The topological polar surface area (TPSA) is 44.1 Å². The molecule has 0 amide bonds. The Labute approximate surface area is 104 Å². The highest BCUT2D eigenvalue weighted by Crippen LogP contribution is 2.25. The highest BCUT2D eigenvalue weighted by Gasteiger charge is 2.33. The Bertz CT molecular complexity index is 397. The molecule has 0 aliphatic heterocycles. The van der Waals surface area contributed by atoms with Crippen LogP contribution in [0.3, 0.4) is 0 Å². The van der Waals surface area contributed by atoms with E-state index in [0.29, 0.717) is 10.2 Å². The first kappa shape index (κ1) is 13.4. The number of ketones is 1. The molecule has 0 spiro atoms. The fourth-order valence-electron chi connectivity index (χ4n) is 1.32. The largest absolute Gasteiger partial charge is 0.371 e. The van der Waals surface area contributed by atoms with Crippen molar-refractivity contribution >= 4 is 21.7 Å². The lowest BCUT2D eigenvalue weighted by Gasteiger charge is -2.22. The van der Waals surface area contributed by atoms with Gasteiger partial charge in [0.25, 0.3) is 0 Å². The molecule has 0 aromatic carbocycles. The fraction of sp³-hybridized carbons (Fsp3) is 0.636. The molecule has 1 rings (SSSR count). The summed E-state index contributed by atoms with van der Waals surface area (Å²) in [4.78, 5) is 12.3. The van der Waals surface area contributed by atoms with Crippen LogP contribution in [0.1, 0.15) is 44.2 Å². The maximum atomic E-state index is 12.3. The number of methoxy groups -OCH3 is 1. The summed E-state index contributed by atoms with van der Waals surface area (Å²) in [5.41, 5.74) is -0.281. The summed E-state index contributed by atoms with van der Waals surface area (Å²) >= 11 is 3.35. The molecule has 0 saturated heterocycles. The van der Waals surface area contributed by atoms with E-state index >= 15 is 0 Å². The number of halogens is 1. The fourth-order valence-corrected chi connectivity index (χ4v) is 1.78. The third-order valence-corrected chi connectivity index (χ3v) is 3.09. The van der Waals surface area contributed by atoms with E-state index in [9.17, 15) is 4.79 Å².